The van der Waals surface area contributed by atoms with E-state index >= 15 is 0 Å². The lowest BCUT2D eigenvalue weighted by Crippen LogP contribution is -2.32. The Hall–Kier alpha value is -3.07. The monoisotopic (exact) mass is 339 g/mol. The van der Waals surface area contributed by atoms with Crippen LogP contribution in [-0.2, 0) is 17.8 Å². The van der Waals surface area contributed by atoms with Gasteiger partial charge in [0.05, 0.1) is 33.1 Å². The number of benzene rings is 1. The van der Waals surface area contributed by atoms with Crippen molar-refractivity contribution < 1.29 is 14.3 Å². The maximum absolute atomic E-state index is 12.8. The van der Waals surface area contributed by atoms with Gasteiger partial charge >= 0.3 is 0 Å². The molecule has 0 fully saturated rings. The van der Waals surface area contributed by atoms with E-state index in [0.29, 0.717) is 24.6 Å². The van der Waals surface area contributed by atoms with Gasteiger partial charge in [-0.3, -0.25) is 9.78 Å². The first-order chi connectivity index (χ1) is 12.2. The Morgan fingerprint density at radius 3 is 2.76 bits per heavy atom. The van der Waals surface area contributed by atoms with E-state index in [1.807, 2.05) is 12.1 Å². The Balaban J connectivity index is 2.17. The van der Waals surface area contributed by atoms with Crippen LogP contribution >= 0.6 is 0 Å². The van der Waals surface area contributed by atoms with Crippen LogP contribution in [0, 0.1) is 11.3 Å². The molecule has 1 aromatic heterocycles. The summed E-state index contributed by atoms with van der Waals surface area (Å²) < 4.78 is 10.6. The highest BCUT2D eigenvalue weighted by Gasteiger charge is 2.17. The van der Waals surface area contributed by atoms with Crippen molar-refractivity contribution in [3.8, 4) is 17.6 Å². The van der Waals surface area contributed by atoms with E-state index in [9.17, 15) is 4.79 Å². The summed E-state index contributed by atoms with van der Waals surface area (Å²) in [6, 6.07) is 11.2. The van der Waals surface area contributed by atoms with Gasteiger partial charge in [-0.2, -0.15) is 5.26 Å². The highest BCUT2D eigenvalue weighted by molar-refractivity contribution is 5.79. The molecule has 1 amide bonds. The maximum atomic E-state index is 12.8. The smallest absolute Gasteiger partial charge is 0.227 e. The van der Waals surface area contributed by atoms with Crippen LogP contribution in [0.25, 0.3) is 0 Å². The lowest BCUT2D eigenvalue weighted by atomic mass is 10.1. The number of hydrogen-bond acceptors (Lipinski definition) is 5. The fourth-order valence-corrected chi connectivity index (χ4v) is 2.48. The number of aromatic nitrogens is 1. The predicted molar refractivity (Wildman–Crippen MR) is 93.1 cm³/mol. The van der Waals surface area contributed by atoms with Crippen molar-refractivity contribution >= 4 is 5.91 Å². The zero-order valence-electron chi connectivity index (χ0n) is 14.4. The molecule has 2 aromatic rings. The SMILES string of the molecule is COc1ccc(OC)c(CC(=O)N(CCC#N)Cc2cccnc2)c1. The van der Waals surface area contributed by atoms with Gasteiger partial charge in [0, 0.05) is 31.0 Å². The molecule has 6 nitrogen and oxygen atoms in total. The topological polar surface area (TPSA) is 75.5 Å². The molecule has 1 heterocycles. The normalized spacial score (nSPS) is 9.96. The van der Waals surface area contributed by atoms with Crippen LogP contribution in [0.15, 0.2) is 42.7 Å². The number of carbonyl (C=O) groups excluding carboxylic acids is 1. The Morgan fingerprint density at radius 1 is 1.28 bits per heavy atom. The number of hydrogen-bond donors (Lipinski definition) is 0. The van der Waals surface area contributed by atoms with Crippen molar-refractivity contribution in [2.45, 2.75) is 19.4 Å². The minimum atomic E-state index is -0.0781. The highest BCUT2D eigenvalue weighted by Crippen LogP contribution is 2.25. The summed E-state index contributed by atoms with van der Waals surface area (Å²) in [7, 11) is 3.15. The number of nitriles is 1. The summed E-state index contributed by atoms with van der Waals surface area (Å²) in [5.41, 5.74) is 1.67. The summed E-state index contributed by atoms with van der Waals surface area (Å²) in [6.45, 7) is 0.789. The molecule has 1 aromatic carbocycles. The minimum absolute atomic E-state index is 0.0781. The van der Waals surface area contributed by atoms with Gasteiger partial charge in [-0.05, 0) is 29.8 Å². The molecule has 25 heavy (non-hydrogen) atoms. The second kappa shape index (κ2) is 9.28. The first-order valence-corrected chi connectivity index (χ1v) is 7.92. The average molecular weight is 339 g/mol. The number of rotatable bonds is 8. The zero-order valence-corrected chi connectivity index (χ0v) is 14.4. The van der Waals surface area contributed by atoms with Crippen LogP contribution in [0.5, 0.6) is 11.5 Å². The molecule has 0 saturated heterocycles. The molecule has 0 aliphatic heterocycles. The van der Waals surface area contributed by atoms with Crippen LogP contribution in [0.2, 0.25) is 0 Å². The van der Waals surface area contributed by atoms with Gasteiger partial charge in [0.15, 0.2) is 0 Å². The molecule has 0 saturated carbocycles. The third-order valence-electron chi connectivity index (χ3n) is 3.77. The van der Waals surface area contributed by atoms with E-state index in [0.717, 1.165) is 11.1 Å². The van der Waals surface area contributed by atoms with E-state index < -0.39 is 0 Å². The molecule has 0 bridgehead atoms. The second-order valence-electron chi connectivity index (χ2n) is 5.44. The molecule has 0 radical (unpaired) electrons. The summed E-state index contributed by atoms with van der Waals surface area (Å²) in [5, 5.41) is 8.87. The lowest BCUT2D eigenvalue weighted by Gasteiger charge is -2.22. The number of amides is 1. The summed E-state index contributed by atoms with van der Waals surface area (Å²) in [6.07, 6.45) is 3.86. The first-order valence-electron chi connectivity index (χ1n) is 7.92. The van der Waals surface area contributed by atoms with E-state index in [2.05, 4.69) is 11.1 Å². The summed E-state index contributed by atoms with van der Waals surface area (Å²) >= 11 is 0. The Bertz CT molecular complexity index is 741. The lowest BCUT2D eigenvalue weighted by molar-refractivity contribution is -0.131. The number of pyridine rings is 1. The van der Waals surface area contributed by atoms with E-state index in [-0.39, 0.29) is 18.7 Å². The molecular weight excluding hydrogens is 318 g/mol. The maximum Gasteiger partial charge on any atom is 0.227 e. The van der Waals surface area contributed by atoms with Gasteiger partial charge in [0.2, 0.25) is 5.91 Å². The number of ether oxygens (including phenoxy) is 2. The van der Waals surface area contributed by atoms with Gasteiger partial charge in [0.1, 0.15) is 11.5 Å². The molecule has 0 aliphatic rings. The van der Waals surface area contributed by atoms with Crippen LogP contribution in [0.1, 0.15) is 17.5 Å². The predicted octanol–water partition coefficient (Wildman–Crippen LogP) is 2.58. The molecule has 0 atom stereocenters. The van der Waals surface area contributed by atoms with Crippen molar-refractivity contribution in [2.75, 3.05) is 20.8 Å². The molecule has 0 unspecified atom stereocenters. The fourth-order valence-electron chi connectivity index (χ4n) is 2.48. The molecular formula is C19H21N3O3. The average Bonchev–Trinajstić information content (AvgIpc) is 2.65. The van der Waals surface area contributed by atoms with Crippen LogP contribution in [0.3, 0.4) is 0 Å². The van der Waals surface area contributed by atoms with Crippen molar-refractivity contribution in [3.05, 3.63) is 53.9 Å². The largest absolute Gasteiger partial charge is 0.497 e. The van der Waals surface area contributed by atoms with Gasteiger partial charge < -0.3 is 14.4 Å². The van der Waals surface area contributed by atoms with Crippen LogP contribution in [0.4, 0.5) is 0 Å². The third-order valence-corrected chi connectivity index (χ3v) is 3.77. The molecule has 0 N–H and O–H groups in total. The second-order valence-corrected chi connectivity index (χ2v) is 5.44. The Morgan fingerprint density at radius 2 is 2.12 bits per heavy atom. The summed E-state index contributed by atoms with van der Waals surface area (Å²) in [4.78, 5) is 18.5. The fraction of sp³-hybridized carbons (Fsp3) is 0.316. The van der Waals surface area contributed by atoms with Crippen LogP contribution in [-0.4, -0.2) is 36.6 Å². The highest BCUT2D eigenvalue weighted by atomic mass is 16.5. The van der Waals surface area contributed by atoms with Gasteiger partial charge in [-0.1, -0.05) is 6.07 Å². The van der Waals surface area contributed by atoms with Gasteiger partial charge in [0.25, 0.3) is 0 Å². The molecule has 2 rings (SSSR count). The quantitative estimate of drug-likeness (QED) is 0.739. The summed E-state index contributed by atoms with van der Waals surface area (Å²) in [5.74, 6) is 1.22. The van der Waals surface area contributed by atoms with Gasteiger partial charge in [-0.15, -0.1) is 0 Å². The zero-order chi connectivity index (χ0) is 18.1. The van der Waals surface area contributed by atoms with E-state index in [4.69, 9.17) is 14.7 Å². The van der Waals surface area contributed by atoms with Crippen molar-refractivity contribution in [1.29, 1.82) is 5.26 Å². The molecule has 0 spiro atoms. The van der Waals surface area contributed by atoms with Crippen molar-refractivity contribution in [3.63, 3.8) is 0 Å². The Labute approximate surface area is 147 Å². The Kier molecular flexibility index (Phi) is 6.78. The van der Waals surface area contributed by atoms with Crippen molar-refractivity contribution in [2.24, 2.45) is 0 Å². The van der Waals surface area contributed by atoms with Crippen molar-refractivity contribution in [1.82, 2.24) is 9.88 Å². The first kappa shape index (κ1) is 18.3. The van der Waals surface area contributed by atoms with E-state index in [1.165, 1.54) is 0 Å². The molecule has 0 aliphatic carbocycles. The minimum Gasteiger partial charge on any atom is -0.497 e. The number of carbonyl (C=O) groups is 1. The standard InChI is InChI=1S/C19H21N3O3/c1-24-17-6-7-18(25-2)16(11-17)12-19(23)22(10-4-8-20)14-15-5-3-9-21-13-15/h3,5-7,9,11,13H,4,10,12,14H2,1-2H3. The van der Waals surface area contributed by atoms with E-state index in [1.54, 1.807) is 49.7 Å². The number of nitrogens with zero attached hydrogens (tertiary/aromatic N) is 3. The third kappa shape index (κ3) is 5.21. The molecule has 6 heteroatoms. The number of methoxy groups -OCH3 is 2. The molecule has 130 valence electrons. The van der Waals surface area contributed by atoms with Gasteiger partial charge in [-0.25, -0.2) is 0 Å². The van der Waals surface area contributed by atoms with Crippen LogP contribution < -0.4 is 9.47 Å².